The molecule has 0 N–H and O–H groups in total. The second kappa shape index (κ2) is 5.47. The van der Waals surface area contributed by atoms with Crippen LogP contribution in [0.15, 0.2) is 18.2 Å². The standard InChI is InChI=1S/C14H17ClN2OS/c1-5-9-6-7-11(10(8-9)14(2,3)4)18-13-12(15)16-19-17-13/h6-8H,5H2,1-4H3. The van der Waals surface area contributed by atoms with Gasteiger partial charge >= 0.3 is 0 Å². The van der Waals surface area contributed by atoms with Crippen LogP contribution in [0, 0.1) is 0 Å². The van der Waals surface area contributed by atoms with Gasteiger partial charge in [-0.3, -0.25) is 0 Å². The van der Waals surface area contributed by atoms with Crippen LogP contribution in [0.4, 0.5) is 0 Å². The largest absolute Gasteiger partial charge is 0.435 e. The van der Waals surface area contributed by atoms with Crippen molar-refractivity contribution >= 4 is 23.3 Å². The van der Waals surface area contributed by atoms with Crippen molar-refractivity contribution in [3.63, 3.8) is 0 Å². The van der Waals surface area contributed by atoms with E-state index in [-0.39, 0.29) is 5.41 Å². The van der Waals surface area contributed by atoms with Crippen LogP contribution < -0.4 is 4.74 Å². The van der Waals surface area contributed by atoms with Crippen molar-refractivity contribution in [1.29, 1.82) is 0 Å². The smallest absolute Gasteiger partial charge is 0.270 e. The molecule has 0 spiro atoms. The Hall–Kier alpha value is -1.13. The van der Waals surface area contributed by atoms with E-state index in [0.717, 1.165) is 29.5 Å². The SMILES string of the molecule is CCc1ccc(Oc2nsnc2Cl)c(C(C)(C)C)c1. The molecule has 19 heavy (non-hydrogen) atoms. The van der Waals surface area contributed by atoms with Gasteiger partial charge in [0, 0.05) is 5.56 Å². The van der Waals surface area contributed by atoms with Crippen LogP contribution in [0.5, 0.6) is 11.6 Å². The van der Waals surface area contributed by atoms with Crippen LogP contribution >= 0.6 is 23.3 Å². The Balaban J connectivity index is 2.42. The Morgan fingerprint density at radius 2 is 2.00 bits per heavy atom. The first-order valence-corrected chi connectivity index (χ1v) is 7.32. The van der Waals surface area contributed by atoms with Gasteiger partial charge in [0.15, 0.2) is 0 Å². The number of aromatic nitrogens is 2. The minimum atomic E-state index is -0.00353. The third-order valence-electron chi connectivity index (χ3n) is 2.89. The van der Waals surface area contributed by atoms with Gasteiger partial charge in [0.05, 0.1) is 11.7 Å². The predicted octanol–water partition coefficient (Wildman–Crippen LogP) is 4.84. The third-order valence-corrected chi connectivity index (χ3v) is 3.75. The van der Waals surface area contributed by atoms with E-state index < -0.39 is 0 Å². The van der Waals surface area contributed by atoms with Crippen LogP contribution in [0.2, 0.25) is 5.15 Å². The van der Waals surface area contributed by atoms with Gasteiger partial charge in [0.25, 0.3) is 5.88 Å². The normalized spacial score (nSPS) is 11.6. The van der Waals surface area contributed by atoms with Crippen molar-refractivity contribution in [2.45, 2.75) is 39.5 Å². The highest BCUT2D eigenvalue weighted by molar-refractivity contribution is 6.99. The summed E-state index contributed by atoms with van der Waals surface area (Å²) < 4.78 is 13.8. The molecule has 0 bridgehead atoms. The van der Waals surface area contributed by atoms with E-state index in [4.69, 9.17) is 16.3 Å². The summed E-state index contributed by atoms with van der Waals surface area (Å²) in [5.74, 6) is 1.17. The van der Waals surface area contributed by atoms with Crippen molar-refractivity contribution in [2.24, 2.45) is 0 Å². The summed E-state index contributed by atoms with van der Waals surface area (Å²) in [5, 5.41) is 0.310. The molecular formula is C14H17ClN2OS. The van der Waals surface area contributed by atoms with E-state index in [2.05, 4.69) is 48.6 Å². The number of benzene rings is 1. The molecule has 0 saturated carbocycles. The minimum Gasteiger partial charge on any atom is -0.435 e. The average molecular weight is 297 g/mol. The van der Waals surface area contributed by atoms with E-state index in [1.54, 1.807) is 0 Å². The highest BCUT2D eigenvalue weighted by atomic mass is 35.5. The van der Waals surface area contributed by atoms with E-state index in [0.29, 0.717) is 11.0 Å². The zero-order valence-electron chi connectivity index (χ0n) is 11.5. The number of aryl methyl sites for hydroxylation is 1. The number of nitrogens with zero attached hydrogens (tertiary/aromatic N) is 2. The molecule has 3 nitrogen and oxygen atoms in total. The van der Waals surface area contributed by atoms with Crippen molar-refractivity contribution < 1.29 is 4.74 Å². The molecule has 0 radical (unpaired) electrons. The first kappa shape index (κ1) is 14.3. The average Bonchev–Trinajstić information content (AvgIpc) is 2.74. The van der Waals surface area contributed by atoms with Gasteiger partial charge in [0.1, 0.15) is 5.75 Å². The van der Waals surface area contributed by atoms with Gasteiger partial charge in [-0.05, 0) is 23.5 Å². The molecule has 1 aromatic carbocycles. The lowest BCUT2D eigenvalue weighted by atomic mass is 9.85. The Kier molecular flexibility index (Phi) is 4.11. The minimum absolute atomic E-state index is 0.00353. The van der Waals surface area contributed by atoms with Crippen LogP contribution in [0.25, 0.3) is 0 Å². The fraction of sp³-hybridized carbons (Fsp3) is 0.429. The molecular weight excluding hydrogens is 280 g/mol. The molecule has 2 aromatic rings. The quantitative estimate of drug-likeness (QED) is 0.812. The molecule has 0 unspecified atom stereocenters. The van der Waals surface area contributed by atoms with Gasteiger partial charge in [-0.1, -0.05) is 51.4 Å². The lowest BCUT2D eigenvalue weighted by Crippen LogP contribution is -2.13. The fourth-order valence-corrected chi connectivity index (χ4v) is 2.42. The van der Waals surface area contributed by atoms with Crippen LogP contribution in [-0.4, -0.2) is 8.75 Å². The molecule has 0 amide bonds. The number of halogens is 1. The molecule has 0 saturated heterocycles. The van der Waals surface area contributed by atoms with Gasteiger partial charge in [0.2, 0.25) is 5.15 Å². The zero-order valence-corrected chi connectivity index (χ0v) is 13.1. The summed E-state index contributed by atoms with van der Waals surface area (Å²) in [5.41, 5.74) is 2.44. The Labute approximate surface area is 122 Å². The summed E-state index contributed by atoms with van der Waals surface area (Å²) in [7, 11) is 0. The third kappa shape index (κ3) is 3.25. The van der Waals surface area contributed by atoms with E-state index in [1.165, 1.54) is 5.56 Å². The van der Waals surface area contributed by atoms with E-state index in [1.807, 2.05) is 6.07 Å². The maximum atomic E-state index is 5.93. The molecule has 0 aliphatic rings. The summed E-state index contributed by atoms with van der Waals surface area (Å²) in [6, 6.07) is 6.23. The fourth-order valence-electron chi connectivity index (χ4n) is 1.81. The van der Waals surface area contributed by atoms with Gasteiger partial charge in [-0.15, -0.1) is 4.37 Å². The Morgan fingerprint density at radius 3 is 2.53 bits per heavy atom. The summed E-state index contributed by atoms with van der Waals surface area (Å²) in [4.78, 5) is 0. The van der Waals surface area contributed by atoms with Crippen LogP contribution in [-0.2, 0) is 11.8 Å². The maximum Gasteiger partial charge on any atom is 0.270 e. The first-order chi connectivity index (χ1) is 8.91. The van der Waals surface area contributed by atoms with Gasteiger partial charge < -0.3 is 4.74 Å². The Bertz CT molecular complexity index is 575. The molecule has 1 aromatic heterocycles. The molecule has 2 rings (SSSR count). The Morgan fingerprint density at radius 1 is 1.26 bits per heavy atom. The number of ether oxygens (including phenoxy) is 1. The van der Waals surface area contributed by atoms with Crippen molar-refractivity contribution in [2.75, 3.05) is 0 Å². The zero-order chi connectivity index (χ0) is 14.0. The van der Waals surface area contributed by atoms with E-state index >= 15 is 0 Å². The summed E-state index contributed by atoms with van der Waals surface area (Å²) in [6.07, 6.45) is 1.00. The number of rotatable bonds is 3. The first-order valence-electron chi connectivity index (χ1n) is 6.21. The maximum absolute atomic E-state index is 5.93. The summed E-state index contributed by atoms with van der Waals surface area (Å²) >= 11 is 6.98. The van der Waals surface area contributed by atoms with Crippen LogP contribution in [0.3, 0.4) is 0 Å². The molecule has 0 aliphatic heterocycles. The molecule has 0 fully saturated rings. The monoisotopic (exact) mass is 296 g/mol. The second-order valence-corrected chi connectivity index (χ2v) is 6.28. The highest BCUT2D eigenvalue weighted by Gasteiger charge is 2.21. The molecule has 0 aliphatic carbocycles. The highest BCUT2D eigenvalue weighted by Crippen LogP contribution is 2.36. The lowest BCUT2D eigenvalue weighted by Gasteiger charge is -2.23. The van der Waals surface area contributed by atoms with Crippen molar-refractivity contribution in [3.8, 4) is 11.6 Å². The molecule has 0 atom stereocenters. The van der Waals surface area contributed by atoms with Crippen LogP contribution in [0.1, 0.15) is 38.8 Å². The second-order valence-electron chi connectivity index (χ2n) is 5.40. The van der Waals surface area contributed by atoms with Crippen molar-refractivity contribution in [3.05, 3.63) is 34.5 Å². The van der Waals surface area contributed by atoms with E-state index in [9.17, 15) is 0 Å². The summed E-state index contributed by atoms with van der Waals surface area (Å²) in [6.45, 7) is 8.63. The number of hydrogen-bond acceptors (Lipinski definition) is 4. The lowest BCUT2D eigenvalue weighted by molar-refractivity contribution is 0.443. The molecule has 5 heteroatoms. The topological polar surface area (TPSA) is 35.0 Å². The molecule has 102 valence electrons. The van der Waals surface area contributed by atoms with Gasteiger partial charge in [-0.2, -0.15) is 4.37 Å². The van der Waals surface area contributed by atoms with Gasteiger partial charge in [-0.25, -0.2) is 0 Å². The predicted molar refractivity (Wildman–Crippen MR) is 79.5 cm³/mol. The van der Waals surface area contributed by atoms with Crippen molar-refractivity contribution in [1.82, 2.24) is 8.75 Å². The number of hydrogen-bond donors (Lipinski definition) is 0. The molecule has 1 heterocycles.